The van der Waals surface area contributed by atoms with Crippen LogP contribution in [-0.4, -0.2) is 24.0 Å². The Bertz CT molecular complexity index is 607. The van der Waals surface area contributed by atoms with Crippen LogP contribution in [0.5, 0.6) is 0 Å². The number of amides is 1. The van der Waals surface area contributed by atoms with E-state index in [1.807, 2.05) is 33.3 Å². The zero-order valence-electron chi connectivity index (χ0n) is 15.3. The SMILES string of the molecule is CC.CCCC(NC)C(=O)NCc1ccc(-c2scnc2C)cc1. The van der Waals surface area contributed by atoms with Crippen LogP contribution in [-0.2, 0) is 11.3 Å². The highest BCUT2D eigenvalue weighted by molar-refractivity contribution is 7.13. The number of carbonyl (C=O) groups excluding carboxylic acids is 1. The van der Waals surface area contributed by atoms with Gasteiger partial charge in [0.15, 0.2) is 0 Å². The van der Waals surface area contributed by atoms with Crippen molar-refractivity contribution >= 4 is 17.2 Å². The zero-order chi connectivity index (χ0) is 17.9. The van der Waals surface area contributed by atoms with Crippen LogP contribution in [0.3, 0.4) is 0 Å². The monoisotopic (exact) mass is 347 g/mol. The third-order valence-corrected chi connectivity index (χ3v) is 4.65. The molecule has 0 radical (unpaired) electrons. The Morgan fingerprint density at radius 2 is 1.92 bits per heavy atom. The van der Waals surface area contributed by atoms with Gasteiger partial charge in [0.05, 0.1) is 22.1 Å². The van der Waals surface area contributed by atoms with E-state index in [4.69, 9.17) is 0 Å². The summed E-state index contributed by atoms with van der Waals surface area (Å²) in [5, 5.41) is 6.04. The lowest BCUT2D eigenvalue weighted by atomic mass is 10.1. The van der Waals surface area contributed by atoms with Gasteiger partial charge in [0, 0.05) is 6.54 Å². The average molecular weight is 348 g/mol. The standard InChI is InChI=1S/C17H23N3OS.C2H6/c1-4-5-15(18-3)17(21)19-10-13-6-8-14(9-7-13)16-12(2)20-11-22-16;1-2/h6-9,11,15,18H,4-5,10H2,1-3H3,(H,19,21);1-2H3. The highest BCUT2D eigenvalue weighted by Gasteiger charge is 2.14. The first-order chi connectivity index (χ1) is 11.7. The summed E-state index contributed by atoms with van der Waals surface area (Å²) in [6.45, 7) is 8.66. The number of aryl methyl sites for hydroxylation is 1. The van der Waals surface area contributed by atoms with Gasteiger partial charge in [0.2, 0.25) is 5.91 Å². The number of carbonyl (C=O) groups is 1. The number of aromatic nitrogens is 1. The molecule has 1 atom stereocenters. The van der Waals surface area contributed by atoms with Gasteiger partial charge in [-0.1, -0.05) is 51.5 Å². The van der Waals surface area contributed by atoms with Crippen molar-refractivity contribution in [3.63, 3.8) is 0 Å². The molecule has 0 aliphatic carbocycles. The lowest BCUT2D eigenvalue weighted by molar-refractivity contribution is -0.123. The summed E-state index contributed by atoms with van der Waals surface area (Å²) in [6.07, 6.45) is 1.84. The van der Waals surface area contributed by atoms with Gasteiger partial charge in [-0.25, -0.2) is 4.98 Å². The van der Waals surface area contributed by atoms with E-state index in [0.29, 0.717) is 6.54 Å². The number of thiazole rings is 1. The molecule has 5 heteroatoms. The summed E-state index contributed by atoms with van der Waals surface area (Å²) in [6, 6.07) is 8.18. The van der Waals surface area contributed by atoms with Gasteiger partial charge in [0.25, 0.3) is 0 Å². The van der Waals surface area contributed by atoms with Crippen LogP contribution in [0.1, 0.15) is 44.9 Å². The molecule has 132 valence electrons. The molecule has 2 rings (SSSR count). The average Bonchev–Trinajstić information content (AvgIpc) is 3.05. The molecule has 1 amide bonds. The molecule has 1 aromatic heterocycles. The highest BCUT2D eigenvalue weighted by atomic mass is 32.1. The van der Waals surface area contributed by atoms with Gasteiger partial charge in [-0.05, 0) is 31.5 Å². The first-order valence-electron chi connectivity index (χ1n) is 8.60. The summed E-state index contributed by atoms with van der Waals surface area (Å²) < 4.78 is 0. The van der Waals surface area contributed by atoms with Crippen LogP contribution in [0.4, 0.5) is 0 Å². The summed E-state index contributed by atoms with van der Waals surface area (Å²) in [5.74, 6) is 0.0618. The second kappa shape index (κ2) is 10.9. The van der Waals surface area contributed by atoms with Crippen molar-refractivity contribution in [1.82, 2.24) is 15.6 Å². The number of hydrogen-bond acceptors (Lipinski definition) is 4. The van der Waals surface area contributed by atoms with Crippen molar-refractivity contribution in [2.24, 2.45) is 0 Å². The van der Waals surface area contributed by atoms with Crippen molar-refractivity contribution in [1.29, 1.82) is 0 Å². The molecule has 2 N–H and O–H groups in total. The molecule has 4 nitrogen and oxygen atoms in total. The fourth-order valence-corrected chi connectivity index (χ4v) is 3.17. The Morgan fingerprint density at radius 1 is 1.25 bits per heavy atom. The maximum Gasteiger partial charge on any atom is 0.237 e. The molecule has 0 bridgehead atoms. The number of likely N-dealkylation sites (N-methyl/N-ethyl adjacent to an activating group) is 1. The second-order valence-corrected chi connectivity index (χ2v) is 6.17. The van der Waals surface area contributed by atoms with Crippen LogP contribution in [0.2, 0.25) is 0 Å². The topological polar surface area (TPSA) is 54.0 Å². The van der Waals surface area contributed by atoms with Crippen molar-refractivity contribution in [2.75, 3.05) is 7.05 Å². The predicted molar refractivity (Wildman–Crippen MR) is 103 cm³/mol. The maximum atomic E-state index is 12.1. The molecule has 0 saturated heterocycles. The minimum Gasteiger partial charge on any atom is -0.351 e. The van der Waals surface area contributed by atoms with E-state index in [1.54, 1.807) is 11.3 Å². The molecule has 2 aromatic rings. The van der Waals surface area contributed by atoms with E-state index in [0.717, 1.165) is 24.1 Å². The van der Waals surface area contributed by atoms with Crippen molar-refractivity contribution in [2.45, 2.75) is 53.1 Å². The van der Waals surface area contributed by atoms with E-state index in [2.05, 4.69) is 46.8 Å². The Morgan fingerprint density at radius 3 is 2.42 bits per heavy atom. The fourth-order valence-electron chi connectivity index (χ4n) is 2.36. The normalized spacial score (nSPS) is 11.4. The van der Waals surface area contributed by atoms with Gasteiger partial charge < -0.3 is 10.6 Å². The highest BCUT2D eigenvalue weighted by Crippen LogP contribution is 2.27. The van der Waals surface area contributed by atoms with Crippen LogP contribution in [0.15, 0.2) is 29.8 Å². The molecule has 0 fully saturated rings. The third kappa shape index (κ3) is 5.73. The third-order valence-electron chi connectivity index (χ3n) is 3.67. The number of nitrogens with zero attached hydrogens (tertiary/aromatic N) is 1. The van der Waals surface area contributed by atoms with Gasteiger partial charge >= 0.3 is 0 Å². The Balaban J connectivity index is 0.00000139. The summed E-state index contributed by atoms with van der Waals surface area (Å²) in [4.78, 5) is 17.5. The molecular formula is C19H29N3OS. The number of nitrogens with one attached hydrogen (secondary N) is 2. The van der Waals surface area contributed by atoms with Gasteiger partial charge in [-0.2, -0.15) is 0 Å². The Kier molecular flexibility index (Phi) is 9.27. The minimum atomic E-state index is -0.107. The van der Waals surface area contributed by atoms with E-state index < -0.39 is 0 Å². The van der Waals surface area contributed by atoms with E-state index in [1.165, 1.54) is 10.4 Å². The van der Waals surface area contributed by atoms with Crippen LogP contribution >= 0.6 is 11.3 Å². The summed E-state index contributed by atoms with van der Waals surface area (Å²) >= 11 is 1.65. The molecular weight excluding hydrogens is 318 g/mol. The molecule has 1 heterocycles. The van der Waals surface area contributed by atoms with Gasteiger partial charge in [-0.3, -0.25) is 4.79 Å². The van der Waals surface area contributed by atoms with Gasteiger partial charge in [0.1, 0.15) is 0 Å². The van der Waals surface area contributed by atoms with E-state index in [-0.39, 0.29) is 11.9 Å². The molecule has 0 spiro atoms. The first kappa shape index (κ1) is 20.3. The van der Waals surface area contributed by atoms with E-state index >= 15 is 0 Å². The Labute approximate surface area is 149 Å². The summed E-state index contributed by atoms with van der Waals surface area (Å²) in [7, 11) is 1.83. The van der Waals surface area contributed by atoms with Gasteiger partial charge in [-0.15, -0.1) is 11.3 Å². The number of hydrogen-bond donors (Lipinski definition) is 2. The largest absolute Gasteiger partial charge is 0.351 e. The molecule has 0 saturated carbocycles. The molecule has 1 aromatic carbocycles. The molecule has 24 heavy (non-hydrogen) atoms. The number of benzene rings is 1. The van der Waals surface area contributed by atoms with Crippen molar-refractivity contribution in [3.8, 4) is 10.4 Å². The summed E-state index contributed by atoms with van der Waals surface area (Å²) in [5.41, 5.74) is 5.20. The van der Waals surface area contributed by atoms with Crippen LogP contribution in [0.25, 0.3) is 10.4 Å². The molecule has 1 unspecified atom stereocenters. The van der Waals surface area contributed by atoms with E-state index in [9.17, 15) is 4.79 Å². The quantitative estimate of drug-likeness (QED) is 0.791. The minimum absolute atomic E-state index is 0.0618. The fraction of sp³-hybridized carbons (Fsp3) is 0.474. The van der Waals surface area contributed by atoms with Crippen molar-refractivity contribution in [3.05, 3.63) is 41.0 Å². The Hall–Kier alpha value is -1.72. The molecule has 0 aliphatic rings. The lowest BCUT2D eigenvalue weighted by Crippen LogP contribution is -2.42. The predicted octanol–water partition coefficient (Wildman–Crippen LogP) is 4.15. The van der Waals surface area contributed by atoms with Crippen LogP contribution < -0.4 is 10.6 Å². The first-order valence-corrected chi connectivity index (χ1v) is 9.48. The zero-order valence-corrected chi connectivity index (χ0v) is 16.2. The lowest BCUT2D eigenvalue weighted by Gasteiger charge is -2.15. The number of rotatable bonds is 7. The van der Waals surface area contributed by atoms with Crippen LogP contribution in [0, 0.1) is 6.92 Å². The smallest absolute Gasteiger partial charge is 0.237 e. The second-order valence-electron chi connectivity index (χ2n) is 5.31. The maximum absolute atomic E-state index is 12.1. The van der Waals surface area contributed by atoms with Crippen molar-refractivity contribution < 1.29 is 4.79 Å². The molecule has 0 aliphatic heterocycles.